The molecule has 1 aliphatic rings. The number of aromatic nitrogens is 4. The molecule has 2 aromatic heterocycles. The van der Waals surface area contributed by atoms with Crippen molar-refractivity contribution in [3.05, 3.63) is 12.7 Å². The molecule has 1 saturated heterocycles. The Morgan fingerprint density at radius 1 is 1.54 bits per heavy atom. The average molecular weight is 523 g/mol. The van der Waals surface area contributed by atoms with E-state index in [0.717, 1.165) is 5.32 Å². The predicted octanol–water partition coefficient (Wildman–Crippen LogP) is -1.67. The Morgan fingerprint density at radius 3 is 2.89 bits per heavy atom. The second kappa shape index (κ2) is 8.60. The number of hydrogen-bond acceptors (Lipinski definition) is 9. The molecule has 0 unspecified atom stereocenters. The van der Waals surface area contributed by atoms with Crippen LogP contribution in [-0.2, 0) is 15.4 Å². The standard InChI is InChI=1S/C15H21N6O5Se2/c1-28-3-2-7(14(24)25)20-15(11(27)10(23)8(4-22)26-15)21-6-19-9-12(16)17-5-18-13(9)21/h5-8,10-11,20,22-23H,2-4H2,1H3,(H,24,25)(H2,16,17,18)/t7-,8+,10+,11+,15-/m0/s1. The zero-order valence-electron chi connectivity index (χ0n) is 14.9. The quantitative estimate of drug-likeness (QED) is 0.253. The van der Waals surface area contributed by atoms with E-state index in [4.69, 9.17) is 10.5 Å². The van der Waals surface area contributed by atoms with Crippen LogP contribution in [0.5, 0.6) is 0 Å². The summed E-state index contributed by atoms with van der Waals surface area (Å²) >= 11 is 3.15. The molecule has 0 amide bonds. The van der Waals surface area contributed by atoms with E-state index in [-0.39, 0.29) is 5.82 Å². The van der Waals surface area contributed by atoms with E-state index in [2.05, 4.69) is 36.3 Å². The summed E-state index contributed by atoms with van der Waals surface area (Å²) in [5, 5.41) is 33.6. The van der Waals surface area contributed by atoms with Gasteiger partial charge in [0, 0.05) is 0 Å². The molecule has 5 atom stereocenters. The topological polar surface area (TPSA) is 169 Å². The second-order valence-corrected chi connectivity index (χ2v) is 9.44. The molecule has 13 heteroatoms. The Morgan fingerprint density at radius 2 is 2.29 bits per heavy atom. The number of aliphatic hydroxyl groups is 2. The van der Waals surface area contributed by atoms with E-state index in [1.807, 2.05) is 5.82 Å². The van der Waals surface area contributed by atoms with Crippen molar-refractivity contribution in [1.29, 1.82) is 0 Å². The molecule has 0 bridgehead atoms. The van der Waals surface area contributed by atoms with Crippen molar-refractivity contribution in [3.63, 3.8) is 0 Å². The van der Waals surface area contributed by atoms with Crippen molar-refractivity contribution in [2.45, 2.75) is 46.5 Å². The number of carboxylic acids is 1. The van der Waals surface area contributed by atoms with E-state index in [9.17, 15) is 20.1 Å². The number of nitrogens with one attached hydrogen (secondary N) is 1. The Labute approximate surface area is 175 Å². The van der Waals surface area contributed by atoms with Gasteiger partial charge < -0.3 is 0 Å². The number of aliphatic carboxylic acids is 1. The summed E-state index contributed by atoms with van der Waals surface area (Å²) in [5.74, 6) is -0.388. The van der Waals surface area contributed by atoms with Gasteiger partial charge in [-0.15, -0.1) is 0 Å². The van der Waals surface area contributed by atoms with Gasteiger partial charge in [-0.05, 0) is 0 Å². The number of fused-ring (bicyclic) bond motifs is 1. The van der Waals surface area contributed by atoms with Crippen molar-refractivity contribution in [3.8, 4) is 0 Å². The van der Waals surface area contributed by atoms with Crippen LogP contribution in [0, 0.1) is 0 Å². The number of nitrogens with zero attached hydrogens (tertiary/aromatic N) is 4. The number of hydrogen-bond donors (Lipinski definition) is 5. The van der Waals surface area contributed by atoms with Gasteiger partial charge in [0.1, 0.15) is 0 Å². The van der Waals surface area contributed by atoms with Crippen molar-refractivity contribution in [2.24, 2.45) is 0 Å². The molecule has 0 spiro atoms. The Kier molecular flexibility index (Phi) is 6.57. The first kappa shape index (κ1) is 21.4. The number of rotatable bonds is 8. The zero-order chi connectivity index (χ0) is 20.5. The molecule has 3 heterocycles. The molecule has 1 fully saturated rings. The fourth-order valence-corrected chi connectivity index (χ4v) is 5.01. The molecular formula is C15H21N6O5Se2. The van der Waals surface area contributed by atoms with E-state index in [1.165, 1.54) is 17.2 Å². The molecule has 0 aromatic carbocycles. The van der Waals surface area contributed by atoms with Gasteiger partial charge in [-0.25, -0.2) is 0 Å². The van der Waals surface area contributed by atoms with Crippen molar-refractivity contribution >= 4 is 53.9 Å². The minimum absolute atomic E-state index is 0.163. The SMILES string of the molecule is C[Se]CC[C@H](N[C@@]1(n2cnc3c(N)ncnc32)O[C@H](CO)[C@@H](O)[C@H]1[Se])C(=O)O. The summed E-state index contributed by atoms with van der Waals surface area (Å²) in [6.45, 7) is -0.442. The van der Waals surface area contributed by atoms with Gasteiger partial charge in [0.25, 0.3) is 0 Å². The normalized spacial score (nSPS) is 28.6. The van der Waals surface area contributed by atoms with E-state index in [1.54, 1.807) is 0 Å². The summed E-state index contributed by atoms with van der Waals surface area (Å²) in [7, 11) is 0. The van der Waals surface area contributed by atoms with E-state index < -0.39 is 41.5 Å². The fourth-order valence-electron chi connectivity index (χ4n) is 3.16. The van der Waals surface area contributed by atoms with Crippen molar-refractivity contribution < 1.29 is 24.9 Å². The molecule has 153 valence electrons. The fraction of sp³-hybridized carbons (Fsp3) is 0.600. The summed E-state index contributed by atoms with van der Waals surface area (Å²) in [5.41, 5.74) is 6.50. The third kappa shape index (κ3) is 3.64. The van der Waals surface area contributed by atoms with Crippen LogP contribution < -0.4 is 11.1 Å². The van der Waals surface area contributed by atoms with Crippen LogP contribution >= 0.6 is 0 Å². The first-order chi connectivity index (χ1) is 13.4. The number of imidazole rings is 1. The average Bonchev–Trinajstić information content (AvgIpc) is 3.21. The summed E-state index contributed by atoms with van der Waals surface area (Å²) in [6.07, 6.45) is 1.04. The maximum atomic E-state index is 11.9. The monoisotopic (exact) mass is 525 g/mol. The number of carbonyl (C=O) groups is 1. The first-order valence-corrected chi connectivity index (χ1v) is 12.3. The van der Waals surface area contributed by atoms with Crippen LogP contribution in [0.2, 0.25) is 16.0 Å². The predicted molar refractivity (Wildman–Crippen MR) is 101 cm³/mol. The van der Waals surface area contributed by atoms with Gasteiger partial charge in [0.15, 0.2) is 0 Å². The van der Waals surface area contributed by atoms with Crippen molar-refractivity contribution in [1.82, 2.24) is 24.8 Å². The Balaban J connectivity index is 2.12. The molecule has 28 heavy (non-hydrogen) atoms. The molecule has 0 saturated carbocycles. The third-order valence-corrected chi connectivity index (χ3v) is 7.20. The third-order valence-electron chi connectivity index (χ3n) is 4.60. The van der Waals surface area contributed by atoms with Crippen LogP contribution in [0.15, 0.2) is 12.7 Å². The maximum absolute atomic E-state index is 11.9. The number of ether oxygens (including phenoxy) is 1. The molecule has 1 aliphatic heterocycles. The zero-order valence-corrected chi connectivity index (χ0v) is 18.4. The number of anilines is 1. The minimum atomic E-state index is -1.54. The van der Waals surface area contributed by atoms with Gasteiger partial charge >= 0.3 is 175 Å². The van der Waals surface area contributed by atoms with Crippen LogP contribution in [0.4, 0.5) is 5.82 Å². The van der Waals surface area contributed by atoms with E-state index >= 15 is 0 Å². The van der Waals surface area contributed by atoms with Crippen LogP contribution in [0.3, 0.4) is 0 Å². The van der Waals surface area contributed by atoms with Gasteiger partial charge in [0.05, 0.1) is 0 Å². The van der Waals surface area contributed by atoms with Crippen LogP contribution in [0.1, 0.15) is 6.42 Å². The van der Waals surface area contributed by atoms with Gasteiger partial charge in [-0.3, -0.25) is 0 Å². The molecule has 6 N–H and O–H groups in total. The van der Waals surface area contributed by atoms with Crippen LogP contribution in [-0.4, -0.2) is 96.6 Å². The molecule has 1 radical (unpaired) electrons. The molecule has 0 aliphatic carbocycles. The van der Waals surface area contributed by atoms with E-state index in [0.29, 0.717) is 32.5 Å². The summed E-state index contributed by atoms with van der Waals surface area (Å²) < 4.78 is 7.49. The summed E-state index contributed by atoms with van der Waals surface area (Å²) in [6, 6.07) is -0.945. The number of aliphatic hydroxyl groups excluding tert-OH is 2. The van der Waals surface area contributed by atoms with Crippen LogP contribution in [0.25, 0.3) is 11.2 Å². The molecule has 11 nitrogen and oxygen atoms in total. The van der Waals surface area contributed by atoms with Gasteiger partial charge in [0.2, 0.25) is 0 Å². The first-order valence-electron chi connectivity index (χ1n) is 8.41. The van der Waals surface area contributed by atoms with Gasteiger partial charge in [-0.1, -0.05) is 0 Å². The Bertz CT molecular complexity index is 853. The van der Waals surface area contributed by atoms with Gasteiger partial charge in [-0.2, -0.15) is 0 Å². The molecular weight excluding hydrogens is 502 g/mol. The second-order valence-electron chi connectivity index (χ2n) is 6.31. The number of nitrogens with two attached hydrogens (primary N) is 1. The summed E-state index contributed by atoms with van der Waals surface area (Å²) in [4.78, 5) is 23.4. The number of carboxylic acid groups (broad SMARTS) is 1. The molecule has 3 rings (SSSR count). The Hall–Kier alpha value is -1.30. The van der Waals surface area contributed by atoms with Crippen molar-refractivity contribution in [2.75, 3.05) is 12.3 Å². The molecule has 2 aromatic rings. The number of nitrogen functional groups attached to an aromatic ring is 1.